The highest BCUT2D eigenvalue weighted by Crippen LogP contribution is 2.27. The van der Waals surface area contributed by atoms with Crippen LogP contribution in [-0.4, -0.2) is 42.9 Å². The van der Waals surface area contributed by atoms with Crippen LogP contribution in [0.2, 0.25) is 0 Å². The summed E-state index contributed by atoms with van der Waals surface area (Å²) < 4.78 is 0. The highest BCUT2D eigenvalue weighted by Gasteiger charge is 2.28. The summed E-state index contributed by atoms with van der Waals surface area (Å²) in [7, 11) is 0. The Morgan fingerprint density at radius 1 is 1.08 bits per heavy atom. The van der Waals surface area contributed by atoms with Crippen LogP contribution in [0.5, 0.6) is 0 Å². The number of hydrogen-bond donors (Lipinski definition) is 1. The largest absolute Gasteiger partial charge is 0.371 e. The molecule has 2 amide bonds. The number of rotatable bonds is 4. The number of hydrogen-bond acceptors (Lipinski definition) is 3. The van der Waals surface area contributed by atoms with Gasteiger partial charge in [0, 0.05) is 49.4 Å². The standard InChI is InChI=1S/C21H31N3O2/c1-15(2)21(26)24-12-8-17(9-13-24)20(25)22-18-6-7-19(16(3)14-18)23-10-4-5-11-23/h6-7,14-15,17H,4-5,8-13H2,1-3H3,(H,22,25). The number of aryl methyl sites for hydroxylation is 1. The van der Waals surface area contributed by atoms with Crippen LogP contribution in [0.1, 0.15) is 45.1 Å². The molecule has 0 bridgehead atoms. The first-order valence-corrected chi connectivity index (χ1v) is 9.91. The molecule has 5 nitrogen and oxygen atoms in total. The molecule has 3 rings (SSSR count). The van der Waals surface area contributed by atoms with Crippen LogP contribution in [0.3, 0.4) is 0 Å². The zero-order valence-corrected chi connectivity index (χ0v) is 16.3. The molecular weight excluding hydrogens is 326 g/mol. The van der Waals surface area contributed by atoms with E-state index in [1.807, 2.05) is 24.8 Å². The topological polar surface area (TPSA) is 52.7 Å². The van der Waals surface area contributed by atoms with Crippen LogP contribution in [0, 0.1) is 18.8 Å². The van der Waals surface area contributed by atoms with E-state index in [1.165, 1.54) is 24.1 Å². The second-order valence-corrected chi connectivity index (χ2v) is 7.94. The Morgan fingerprint density at radius 3 is 2.31 bits per heavy atom. The first kappa shape index (κ1) is 18.7. The van der Waals surface area contributed by atoms with Gasteiger partial charge in [0.25, 0.3) is 0 Å². The van der Waals surface area contributed by atoms with E-state index in [2.05, 4.69) is 29.3 Å². The molecule has 0 unspecified atom stereocenters. The summed E-state index contributed by atoms with van der Waals surface area (Å²) in [6.45, 7) is 9.58. The lowest BCUT2D eigenvalue weighted by Crippen LogP contribution is -2.43. The summed E-state index contributed by atoms with van der Waals surface area (Å²) in [4.78, 5) is 29.0. The van der Waals surface area contributed by atoms with Crippen molar-refractivity contribution in [1.82, 2.24) is 4.90 Å². The van der Waals surface area contributed by atoms with E-state index in [0.29, 0.717) is 13.1 Å². The molecule has 2 fully saturated rings. The van der Waals surface area contributed by atoms with Gasteiger partial charge in [0.1, 0.15) is 0 Å². The molecule has 2 aliphatic rings. The fraction of sp³-hybridized carbons (Fsp3) is 0.619. The van der Waals surface area contributed by atoms with E-state index in [9.17, 15) is 9.59 Å². The summed E-state index contributed by atoms with van der Waals surface area (Å²) in [5, 5.41) is 3.08. The Morgan fingerprint density at radius 2 is 1.73 bits per heavy atom. The second-order valence-electron chi connectivity index (χ2n) is 7.94. The van der Waals surface area contributed by atoms with Crippen LogP contribution in [0.4, 0.5) is 11.4 Å². The fourth-order valence-corrected chi connectivity index (χ4v) is 4.02. The van der Waals surface area contributed by atoms with Gasteiger partial charge in [0.05, 0.1) is 0 Å². The van der Waals surface area contributed by atoms with Gasteiger partial charge in [0.15, 0.2) is 0 Å². The second kappa shape index (κ2) is 8.11. The fourth-order valence-electron chi connectivity index (χ4n) is 4.02. The van der Waals surface area contributed by atoms with Gasteiger partial charge in [-0.05, 0) is 56.4 Å². The van der Waals surface area contributed by atoms with Crippen molar-refractivity contribution in [2.75, 3.05) is 36.4 Å². The van der Waals surface area contributed by atoms with E-state index >= 15 is 0 Å². The molecule has 0 saturated carbocycles. The SMILES string of the molecule is Cc1cc(NC(=O)C2CCN(C(=O)C(C)C)CC2)ccc1N1CCCC1. The molecule has 5 heteroatoms. The number of amides is 2. The maximum Gasteiger partial charge on any atom is 0.227 e. The Hall–Kier alpha value is -2.04. The van der Waals surface area contributed by atoms with E-state index in [1.54, 1.807) is 0 Å². The van der Waals surface area contributed by atoms with Crippen molar-refractivity contribution in [3.63, 3.8) is 0 Å². The molecule has 142 valence electrons. The summed E-state index contributed by atoms with van der Waals surface area (Å²) in [5.74, 6) is 0.286. The van der Waals surface area contributed by atoms with Crippen LogP contribution < -0.4 is 10.2 Å². The molecule has 26 heavy (non-hydrogen) atoms. The lowest BCUT2D eigenvalue weighted by Gasteiger charge is -2.32. The number of piperidine rings is 1. The average Bonchev–Trinajstić information content (AvgIpc) is 3.15. The first-order chi connectivity index (χ1) is 12.5. The normalized spacial score (nSPS) is 18.5. The molecular formula is C21H31N3O2. The van der Waals surface area contributed by atoms with Crippen LogP contribution in [-0.2, 0) is 9.59 Å². The predicted molar refractivity (Wildman–Crippen MR) is 105 cm³/mol. The number of nitrogens with zero attached hydrogens (tertiary/aromatic N) is 2. The van der Waals surface area contributed by atoms with Crippen LogP contribution >= 0.6 is 0 Å². The molecule has 2 aliphatic heterocycles. The summed E-state index contributed by atoms with van der Waals surface area (Å²) >= 11 is 0. The van der Waals surface area contributed by atoms with Gasteiger partial charge in [-0.3, -0.25) is 9.59 Å². The summed E-state index contributed by atoms with van der Waals surface area (Å²) in [6, 6.07) is 6.21. The van der Waals surface area contributed by atoms with Crippen molar-refractivity contribution in [2.24, 2.45) is 11.8 Å². The highest BCUT2D eigenvalue weighted by atomic mass is 16.2. The summed E-state index contributed by atoms with van der Waals surface area (Å²) in [5.41, 5.74) is 3.36. The minimum atomic E-state index is -0.00947. The summed E-state index contributed by atoms with van der Waals surface area (Å²) in [6.07, 6.45) is 4.01. The third-order valence-corrected chi connectivity index (χ3v) is 5.58. The van der Waals surface area contributed by atoms with E-state index in [-0.39, 0.29) is 23.7 Å². The molecule has 1 aromatic carbocycles. The van der Waals surface area contributed by atoms with E-state index in [4.69, 9.17) is 0 Å². The lowest BCUT2D eigenvalue weighted by molar-refractivity contribution is -0.137. The first-order valence-electron chi connectivity index (χ1n) is 9.91. The zero-order valence-electron chi connectivity index (χ0n) is 16.3. The molecule has 2 saturated heterocycles. The van der Waals surface area contributed by atoms with Gasteiger partial charge in [-0.2, -0.15) is 0 Å². The third-order valence-electron chi connectivity index (χ3n) is 5.58. The van der Waals surface area contributed by atoms with Crippen molar-refractivity contribution in [3.05, 3.63) is 23.8 Å². The number of carbonyl (C=O) groups excluding carboxylic acids is 2. The number of nitrogens with one attached hydrogen (secondary N) is 1. The number of benzene rings is 1. The van der Waals surface area contributed by atoms with Crippen LogP contribution in [0.25, 0.3) is 0 Å². The third kappa shape index (κ3) is 4.19. The minimum Gasteiger partial charge on any atom is -0.371 e. The smallest absolute Gasteiger partial charge is 0.227 e. The van der Waals surface area contributed by atoms with Gasteiger partial charge in [0.2, 0.25) is 11.8 Å². The van der Waals surface area contributed by atoms with E-state index < -0.39 is 0 Å². The Kier molecular flexibility index (Phi) is 5.84. The van der Waals surface area contributed by atoms with Crippen molar-refractivity contribution in [3.8, 4) is 0 Å². The quantitative estimate of drug-likeness (QED) is 0.898. The lowest BCUT2D eigenvalue weighted by atomic mass is 9.95. The predicted octanol–water partition coefficient (Wildman–Crippen LogP) is 3.43. The Labute approximate surface area is 156 Å². The molecule has 0 atom stereocenters. The monoisotopic (exact) mass is 357 g/mol. The van der Waals surface area contributed by atoms with Crippen LogP contribution in [0.15, 0.2) is 18.2 Å². The van der Waals surface area contributed by atoms with Crippen molar-refractivity contribution >= 4 is 23.2 Å². The molecule has 1 N–H and O–H groups in total. The molecule has 2 heterocycles. The minimum absolute atomic E-state index is 0.00947. The molecule has 0 aromatic heterocycles. The van der Waals surface area contributed by atoms with Gasteiger partial charge >= 0.3 is 0 Å². The Bertz CT molecular complexity index is 657. The number of anilines is 2. The molecule has 0 aliphatic carbocycles. The molecule has 0 spiro atoms. The Balaban J connectivity index is 1.55. The maximum atomic E-state index is 12.6. The van der Waals surface area contributed by atoms with Gasteiger partial charge < -0.3 is 15.1 Å². The highest BCUT2D eigenvalue weighted by molar-refractivity contribution is 5.93. The number of carbonyl (C=O) groups is 2. The average molecular weight is 357 g/mol. The van der Waals surface area contributed by atoms with Gasteiger partial charge in [-0.15, -0.1) is 0 Å². The van der Waals surface area contributed by atoms with Gasteiger partial charge in [-0.25, -0.2) is 0 Å². The van der Waals surface area contributed by atoms with Crippen molar-refractivity contribution in [2.45, 2.75) is 46.5 Å². The van der Waals surface area contributed by atoms with Gasteiger partial charge in [-0.1, -0.05) is 13.8 Å². The van der Waals surface area contributed by atoms with Crippen molar-refractivity contribution in [1.29, 1.82) is 0 Å². The zero-order chi connectivity index (χ0) is 18.7. The molecule has 1 aromatic rings. The molecule has 0 radical (unpaired) electrons. The van der Waals surface area contributed by atoms with E-state index in [0.717, 1.165) is 31.6 Å². The van der Waals surface area contributed by atoms with Crippen molar-refractivity contribution < 1.29 is 9.59 Å². The maximum absolute atomic E-state index is 12.6. The number of likely N-dealkylation sites (tertiary alicyclic amines) is 1.